The van der Waals surface area contributed by atoms with Gasteiger partial charge in [0.1, 0.15) is 0 Å². The van der Waals surface area contributed by atoms with Crippen LogP contribution in [0.4, 0.5) is 0 Å². The van der Waals surface area contributed by atoms with Gasteiger partial charge in [0, 0.05) is 12.1 Å². The summed E-state index contributed by atoms with van der Waals surface area (Å²) in [6.45, 7) is 7.23. The van der Waals surface area contributed by atoms with Gasteiger partial charge < -0.3 is 5.32 Å². The quantitative estimate of drug-likeness (QED) is 0.694. The fourth-order valence-corrected chi connectivity index (χ4v) is 3.27. The van der Waals surface area contributed by atoms with Crippen LogP contribution in [0.5, 0.6) is 0 Å². The SMILES string of the molecule is CCC(CC1CC1)NC1CCCC(C)(C)CC1. The first-order chi connectivity index (χ1) is 8.09. The van der Waals surface area contributed by atoms with Crippen molar-refractivity contribution >= 4 is 0 Å². The summed E-state index contributed by atoms with van der Waals surface area (Å²) in [5.41, 5.74) is 0.592. The minimum absolute atomic E-state index is 0.592. The summed E-state index contributed by atoms with van der Waals surface area (Å²) in [5, 5.41) is 3.95. The first-order valence-corrected chi connectivity index (χ1v) is 7.85. The lowest BCUT2D eigenvalue weighted by molar-refractivity contribution is 0.303. The first kappa shape index (κ1) is 13.4. The fourth-order valence-electron chi connectivity index (χ4n) is 3.27. The van der Waals surface area contributed by atoms with E-state index in [4.69, 9.17) is 0 Å². The van der Waals surface area contributed by atoms with Gasteiger partial charge in [-0.3, -0.25) is 0 Å². The van der Waals surface area contributed by atoms with E-state index >= 15 is 0 Å². The molecule has 2 unspecified atom stereocenters. The van der Waals surface area contributed by atoms with Crippen LogP contribution in [0.1, 0.15) is 78.6 Å². The molecule has 0 aromatic rings. The molecule has 2 atom stereocenters. The van der Waals surface area contributed by atoms with Crippen LogP contribution in [0, 0.1) is 11.3 Å². The van der Waals surface area contributed by atoms with Gasteiger partial charge in [0.15, 0.2) is 0 Å². The van der Waals surface area contributed by atoms with E-state index in [9.17, 15) is 0 Å². The summed E-state index contributed by atoms with van der Waals surface area (Å²) in [6.07, 6.45) is 12.8. The first-order valence-electron chi connectivity index (χ1n) is 7.85. The van der Waals surface area contributed by atoms with E-state index in [1.807, 2.05) is 0 Å². The molecule has 0 heterocycles. The molecule has 1 N–H and O–H groups in total. The highest BCUT2D eigenvalue weighted by atomic mass is 14.9. The maximum atomic E-state index is 3.95. The van der Waals surface area contributed by atoms with Crippen molar-refractivity contribution in [3.05, 3.63) is 0 Å². The molecule has 1 heteroatoms. The second-order valence-electron chi connectivity index (χ2n) is 7.24. The Morgan fingerprint density at radius 1 is 1.12 bits per heavy atom. The van der Waals surface area contributed by atoms with Crippen molar-refractivity contribution in [2.24, 2.45) is 11.3 Å². The van der Waals surface area contributed by atoms with E-state index in [0.29, 0.717) is 5.41 Å². The van der Waals surface area contributed by atoms with Gasteiger partial charge in [0.2, 0.25) is 0 Å². The summed E-state index contributed by atoms with van der Waals surface area (Å²) in [6, 6.07) is 1.61. The summed E-state index contributed by atoms with van der Waals surface area (Å²) in [7, 11) is 0. The molecule has 0 spiro atoms. The minimum atomic E-state index is 0.592. The van der Waals surface area contributed by atoms with E-state index in [-0.39, 0.29) is 0 Å². The average Bonchev–Trinajstić information content (AvgIpc) is 3.08. The monoisotopic (exact) mass is 237 g/mol. The van der Waals surface area contributed by atoms with Gasteiger partial charge in [0.25, 0.3) is 0 Å². The third-order valence-corrected chi connectivity index (χ3v) is 4.85. The van der Waals surface area contributed by atoms with Crippen LogP contribution in [-0.2, 0) is 0 Å². The van der Waals surface area contributed by atoms with Crippen molar-refractivity contribution in [2.75, 3.05) is 0 Å². The molecule has 2 saturated carbocycles. The maximum Gasteiger partial charge on any atom is 0.00698 e. The maximum absolute atomic E-state index is 3.95. The van der Waals surface area contributed by atoms with E-state index in [2.05, 4.69) is 26.1 Å². The van der Waals surface area contributed by atoms with Crippen LogP contribution < -0.4 is 5.32 Å². The van der Waals surface area contributed by atoms with Crippen LogP contribution in [0.3, 0.4) is 0 Å². The molecule has 2 aliphatic rings. The third-order valence-electron chi connectivity index (χ3n) is 4.85. The molecule has 0 bridgehead atoms. The predicted octanol–water partition coefficient (Wildman–Crippen LogP) is 4.51. The molecule has 2 aliphatic carbocycles. The highest BCUT2D eigenvalue weighted by Crippen LogP contribution is 2.36. The summed E-state index contributed by atoms with van der Waals surface area (Å²) in [4.78, 5) is 0. The fraction of sp³-hybridized carbons (Fsp3) is 1.00. The van der Waals surface area contributed by atoms with Crippen molar-refractivity contribution in [2.45, 2.75) is 90.6 Å². The Kier molecular flexibility index (Phi) is 4.52. The topological polar surface area (TPSA) is 12.0 Å². The smallest absolute Gasteiger partial charge is 0.00698 e. The van der Waals surface area contributed by atoms with Crippen molar-refractivity contribution in [1.29, 1.82) is 0 Å². The van der Waals surface area contributed by atoms with Gasteiger partial charge in [-0.05, 0) is 49.9 Å². The number of hydrogen-bond donors (Lipinski definition) is 1. The number of hydrogen-bond acceptors (Lipinski definition) is 1. The van der Waals surface area contributed by atoms with Gasteiger partial charge in [-0.15, -0.1) is 0 Å². The number of rotatable bonds is 5. The normalized spacial score (nSPS) is 30.9. The standard InChI is InChI=1S/C16H31N/c1-4-14(12-13-7-8-13)17-15-6-5-10-16(2,3)11-9-15/h13-15,17H,4-12H2,1-3H3. The zero-order valence-corrected chi connectivity index (χ0v) is 12.1. The molecule has 17 heavy (non-hydrogen) atoms. The molecule has 100 valence electrons. The van der Waals surface area contributed by atoms with Crippen molar-refractivity contribution in [1.82, 2.24) is 5.32 Å². The van der Waals surface area contributed by atoms with Crippen molar-refractivity contribution in [3.63, 3.8) is 0 Å². The van der Waals surface area contributed by atoms with Crippen LogP contribution in [0.15, 0.2) is 0 Å². The molecule has 0 aromatic heterocycles. The molecule has 0 aliphatic heterocycles. The lowest BCUT2D eigenvalue weighted by Gasteiger charge is -2.25. The minimum Gasteiger partial charge on any atom is -0.311 e. The van der Waals surface area contributed by atoms with E-state index in [1.165, 1.54) is 57.8 Å². The number of nitrogens with one attached hydrogen (secondary N) is 1. The van der Waals surface area contributed by atoms with E-state index in [1.54, 1.807) is 0 Å². The van der Waals surface area contributed by atoms with Crippen LogP contribution >= 0.6 is 0 Å². The van der Waals surface area contributed by atoms with E-state index < -0.39 is 0 Å². The lowest BCUT2D eigenvalue weighted by Crippen LogP contribution is -2.38. The third kappa shape index (κ3) is 4.62. The Morgan fingerprint density at radius 3 is 2.53 bits per heavy atom. The average molecular weight is 237 g/mol. The Bertz CT molecular complexity index is 230. The van der Waals surface area contributed by atoms with Gasteiger partial charge in [-0.1, -0.05) is 40.0 Å². The van der Waals surface area contributed by atoms with Gasteiger partial charge in [-0.25, -0.2) is 0 Å². The second kappa shape index (κ2) is 5.73. The van der Waals surface area contributed by atoms with Crippen molar-refractivity contribution in [3.8, 4) is 0 Å². The van der Waals surface area contributed by atoms with Crippen LogP contribution in [0.25, 0.3) is 0 Å². The molecule has 2 rings (SSSR count). The Balaban J connectivity index is 1.76. The molecule has 0 saturated heterocycles. The second-order valence-corrected chi connectivity index (χ2v) is 7.24. The highest BCUT2D eigenvalue weighted by Gasteiger charge is 2.28. The van der Waals surface area contributed by atoms with Crippen molar-refractivity contribution < 1.29 is 0 Å². The molecular formula is C16H31N. The van der Waals surface area contributed by atoms with Gasteiger partial charge >= 0.3 is 0 Å². The Labute approximate surface area is 108 Å². The van der Waals surface area contributed by atoms with Gasteiger partial charge in [0.05, 0.1) is 0 Å². The highest BCUT2D eigenvalue weighted by molar-refractivity contribution is 4.84. The Hall–Kier alpha value is -0.0400. The summed E-state index contributed by atoms with van der Waals surface area (Å²) >= 11 is 0. The molecule has 0 amide bonds. The molecule has 0 radical (unpaired) electrons. The van der Waals surface area contributed by atoms with Gasteiger partial charge in [-0.2, -0.15) is 0 Å². The van der Waals surface area contributed by atoms with Crippen LogP contribution in [-0.4, -0.2) is 12.1 Å². The molecular weight excluding hydrogens is 206 g/mol. The zero-order chi connectivity index (χ0) is 12.3. The Morgan fingerprint density at radius 2 is 1.88 bits per heavy atom. The largest absolute Gasteiger partial charge is 0.311 e. The summed E-state index contributed by atoms with van der Waals surface area (Å²) < 4.78 is 0. The molecule has 1 nitrogen and oxygen atoms in total. The molecule has 0 aromatic carbocycles. The van der Waals surface area contributed by atoms with E-state index in [0.717, 1.165) is 18.0 Å². The predicted molar refractivity (Wildman–Crippen MR) is 75.2 cm³/mol. The zero-order valence-electron chi connectivity index (χ0n) is 12.1. The molecule has 2 fully saturated rings. The lowest BCUT2D eigenvalue weighted by atomic mass is 9.85. The summed E-state index contributed by atoms with van der Waals surface area (Å²) in [5.74, 6) is 1.06. The van der Waals surface area contributed by atoms with Crippen LogP contribution in [0.2, 0.25) is 0 Å².